The Labute approximate surface area is 121 Å². The molecule has 0 saturated heterocycles. The van der Waals surface area contributed by atoms with Gasteiger partial charge in [0.1, 0.15) is 6.61 Å². The Morgan fingerprint density at radius 2 is 2.00 bits per heavy atom. The molecule has 0 unspecified atom stereocenters. The minimum atomic E-state index is -0.268. The molecule has 0 radical (unpaired) electrons. The van der Waals surface area contributed by atoms with Gasteiger partial charge in [0.2, 0.25) is 0 Å². The summed E-state index contributed by atoms with van der Waals surface area (Å²) in [7, 11) is 1.90. The Balaban J connectivity index is 2.38. The lowest BCUT2D eigenvalue weighted by atomic mass is 10.0. The lowest BCUT2D eigenvalue weighted by Crippen LogP contribution is -2.16. The van der Waals surface area contributed by atoms with Crippen LogP contribution >= 0.6 is 0 Å². The van der Waals surface area contributed by atoms with Gasteiger partial charge in [-0.1, -0.05) is 31.5 Å². The number of hydrogen-bond acceptors (Lipinski definition) is 4. The Kier molecular flexibility index (Phi) is 8.67. The highest BCUT2D eigenvalue weighted by atomic mass is 16.6. The van der Waals surface area contributed by atoms with Crippen molar-refractivity contribution in [1.29, 1.82) is 0 Å². The van der Waals surface area contributed by atoms with Crippen molar-refractivity contribution in [2.24, 2.45) is 0 Å². The third kappa shape index (κ3) is 6.17. The van der Waals surface area contributed by atoms with E-state index in [0.29, 0.717) is 18.8 Å². The van der Waals surface area contributed by atoms with Crippen LogP contribution in [0.4, 0.5) is 0 Å². The van der Waals surface area contributed by atoms with E-state index in [1.54, 1.807) is 0 Å². The van der Waals surface area contributed by atoms with E-state index in [1.807, 2.05) is 31.3 Å². The first-order valence-electron chi connectivity index (χ1n) is 7.27. The van der Waals surface area contributed by atoms with Crippen molar-refractivity contribution in [3.05, 3.63) is 35.4 Å². The van der Waals surface area contributed by atoms with Crippen molar-refractivity contribution in [1.82, 2.24) is 5.32 Å². The van der Waals surface area contributed by atoms with Crippen LogP contribution in [0, 0.1) is 0 Å². The SMILES string of the molecule is CCCCOCCOC(=O)c1ccccc1CCNC. The first-order valence-corrected chi connectivity index (χ1v) is 7.27. The van der Waals surface area contributed by atoms with Crippen LogP contribution in [0.3, 0.4) is 0 Å². The standard InChI is InChI=1S/C16H25NO3/c1-3-4-11-19-12-13-20-16(18)15-8-6-5-7-14(15)9-10-17-2/h5-8,17H,3-4,9-13H2,1-2H3. The summed E-state index contributed by atoms with van der Waals surface area (Å²) in [5, 5.41) is 3.08. The average Bonchev–Trinajstić information content (AvgIpc) is 2.48. The molecule has 1 aromatic carbocycles. The zero-order chi connectivity index (χ0) is 14.6. The van der Waals surface area contributed by atoms with Gasteiger partial charge < -0.3 is 14.8 Å². The molecule has 1 rings (SSSR count). The summed E-state index contributed by atoms with van der Waals surface area (Å²) in [5.41, 5.74) is 1.66. The van der Waals surface area contributed by atoms with Crippen LogP contribution in [0.25, 0.3) is 0 Å². The molecule has 0 saturated carbocycles. The second kappa shape index (κ2) is 10.4. The van der Waals surface area contributed by atoms with Crippen LogP contribution in [0.2, 0.25) is 0 Å². The van der Waals surface area contributed by atoms with Crippen molar-refractivity contribution in [2.75, 3.05) is 33.4 Å². The summed E-state index contributed by atoms with van der Waals surface area (Å²) in [4.78, 5) is 12.0. The molecule has 0 spiro atoms. The van der Waals surface area contributed by atoms with E-state index < -0.39 is 0 Å². The minimum Gasteiger partial charge on any atom is -0.460 e. The second-order valence-corrected chi connectivity index (χ2v) is 4.61. The molecule has 0 aliphatic rings. The zero-order valence-corrected chi connectivity index (χ0v) is 12.5. The zero-order valence-electron chi connectivity index (χ0n) is 12.5. The van der Waals surface area contributed by atoms with Crippen molar-refractivity contribution < 1.29 is 14.3 Å². The highest BCUT2D eigenvalue weighted by Crippen LogP contribution is 2.10. The molecule has 0 bridgehead atoms. The largest absolute Gasteiger partial charge is 0.460 e. The number of rotatable bonds is 10. The van der Waals surface area contributed by atoms with Crippen molar-refractivity contribution in [2.45, 2.75) is 26.2 Å². The topological polar surface area (TPSA) is 47.6 Å². The highest BCUT2D eigenvalue weighted by Gasteiger charge is 2.11. The van der Waals surface area contributed by atoms with E-state index in [2.05, 4.69) is 12.2 Å². The van der Waals surface area contributed by atoms with Crippen LogP contribution < -0.4 is 5.32 Å². The number of carbonyl (C=O) groups is 1. The van der Waals surface area contributed by atoms with Gasteiger partial charge in [0.25, 0.3) is 0 Å². The Hall–Kier alpha value is -1.39. The highest BCUT2D eigenvalue weighted by molar-refractivity contribution is 5.91. The van der Waals surface area contributed by atoms with Crippen LogP contribution in [-0.2, 0) is 15.9 Å². The van der Waals surface area contributed by atoms with Crippen LogP contribution in [-0.4, -0.2) is 39.4 Å². The Morgan fingerprint density at radius 3 is 2.75 bits per heavy atom. The maximum atomic E-state index is 12.0. The lowest BCUT2D eigenvalue weighted by molar-refractivity contribution is 0.0313. The second-order valence-electron chi connectivity index (χ2n) is 4.61. The minimum absolute atomic E-state index is 0.268. The summed E-state index contributed by atoms with van der Waals surface area (Å²) in [6.07, 6.45) is 2.97. The molecule has 20 heavy (non-hydrogen) atoms. The fourth-order valence-corrected chi connectivity index (χ4v) is 1.82. The number of hydrogen-bond donors (Lipinski definition) is 1. The van der Waals surface area contributed by atoms with Gasteiger partial charge >= 0.3 is 5.97 Å². The van der Waals surface area contributed by atoms with Gasteiger partial charge in [0, 0.05) is 6.61 Å². The maximum absolute atomic E-state index is 12.0. The molecule has 112 valence electrons. The van der Waals surface area contributed by atoms with Gasteiger partial charge in [-0.05, 0) is 38.1 Å². The number of likely N-dealkylation sites (N-methyl/N-ethyl adjacent to an activating group) is 1. The van der Waals surface area contributed by atoms with Crippen molar-refractivity contribution in [3.8, 4) is 0 Å². The van der Waals surface area contributed by atoms with E-state index in [9.17, 15) is 4.79 Å². The number of benzene rings is 1. The first kappa shape index (κ1) is 16.7. The number of carbonyl (C=O) groups excluding carboxylic acids is 1. The predicted molar refractivity (Wildman–Crippen MR) is 80.1 cm³/mol. The number of esters is 1. The summed E-state index contributed by atoms with van der Waals surface area (Å²) in [6, 6.07) is 7.57. The molecule has 0 atom stereocenters. The molecule has 0 fully saturated rings. The van der Waals surface area contributed by atoms with Crippen molar-refractivity contribution in [3.63, 3.8) is 0 Å². The quantitative estimate of drug-likeness (QED) is 0.528. The van der Waals surface area contributed by atoms with E-state index in [1.165, 1.54) is 0 Å². The third-order valence-corrected chi connectivity index (χ3v) is 2.98. The molecule has 1 N–H and O–H groups in total. The summed E-state index contributed by atoms with van der Waals surface area (Å²) in [6.45, 7) is 4.45. The van der Waals surface area contributed by atoms with E-state index in [-0.39, 0.29) is 5.97 Å². The fraction of sp³-hybridized carbons (Fsp3) is 0.562. The number of ether oxygens (including phenoxy) is 2. The van der Waals surface area contributed by atoms with E-state index in [4.69, 9.17) is 9.47 Å². The molecular formula is C16H25NO3. The van der Waals surface area contributed by atoms with Crippen LogP contribution in [0.15, 0.2) is 24.3 Å². The average molecular weight is 279 g/mol. The predicted octanol–water partition coefficient (Wildman–Crippen LogP) is 2.42. The Morgan fingerprint density at radius 1 is 1.20 bits per heavy atom. The monoisotopic (exact) mass is 279 g/mol. The van der Waals surface area contributed by atoms with Gasteiger partial charge in [0.05, 0.1) is 12.2 Å². The molecule has 4 nitrogen and oxygen atoms in total. The normalized spacial score (nSPS) is 10.5. The first-order chi connectivity index (χ1) is 9.79. The van der Waals surface area contributed by atoms with Gasteiger partial charge in [0.15, 0.2) is 0 Å². The van der Waals surface area contributed by atoms with Gasteiger partial charge in [-0.3, -0.25) is 0 Å². The molecular weight excluding hydrogens is 254 g/mol. The van der Waals surface area contributed by atoms with E-state index >= 15 is 0 Å². The smallest absolute Gasteiger partial charge is 0.338 e. The maximum Gasteiger partial charge on any atom is 0.338 e. The molecule has 0 aliphatic heterocycles. The van der Waals surface area contributed by atoms with Gasteiger partial charge in [-0.25, -0.2) is 4.79 Å². The molecule has 0 amide bonds. The van der Waals surface area contributed by atoms with Gasteiger partial charge in [-0.2, -0.15) is 0 Å². The van der Waals surface area contributed by atoms with E-state index in [0.717, 1.165) is 38.0 Å². The summed E-state index contributed by atoms with van der Waals surface area (Å²) >= 11 is 0. The van der Waals surface area contributed by atoms with Crippen LogP contribution in [0.1, 0.15) is 35.7 Å². The molecule has 0 heterocycles. The third-order valence-electron chi connectivity index (χ3n) is 2.98. The summed E-state index contributed by atoms with van der Waals surface area (Å²) < 4.78 is 10.6. The molecule has 0 aliphatic carbocycles. The van der Waals surface area contributed by atoms with Crippen LogP contribution in [0.5, 0.6) is 0 Å². The molecule has 1 aromatic rings. The lowest BCUT2D eigenvalue weighted by Gasteiger charge is -2.09. The number of nitrogens with one attached hydrogen (secondary N) is 1. The number of unbranched alkanes of at least 4 members (excludes halogenated alkanes) is 1. The Bertz CT molecular complexity index is 393. The molecule has 4 heteroatoms. The van der Waals surface area contributed by atoms with Gasteiger partial charge in [-0.15, -0.1) is 0 Å². The fourth-order valence-electron chi connectivity index (χ4n) is 1.82. The van der Waals surface area contributed by atoms with Crippen molar-refractivity contribution >= 4 is 5.97 Å². The summed E-state index contributed by atoms with van der Waals surface area (Å²) in [5.74, 6) is -0.268. The molecule has 0 aromatic heterocycles.